The number of hydrogen-bond donors (Lipinski definition) is 2. The van der Waals surface area contributed by atoms with Crippen LogP contribution in [0.25, 0.3) is 0 Å². The maximum atomic E-state index is 8.51. The fraction of sp³-hybridized carbons (Fsp3) is 0.154. The van der Waals surface area contributed by atoms with E-state index in [9.17, 15) is 0 Å². The Kier molecular flexibility index (Phi) is 4.70. The summed E-state index contributed by atoms with van der Waals surface area (Å²) in [4.78, 5) is 8.01. The summed E-state index contributed by atoms with van der Waals surface area (Å²) in [5.74, 6) is 1.19. The van der Waals surface area contributed by atoms with Gasteiger partial charge in [0, 0.05) is 17.1 Å². The van der Waals surface area contributed by atoms with Gasteiger partial charge in [0.25, 0.3) is 0 Å². The summed E-state index contributed by atoms with van der Waals surface area (Å²) in [5.41, 5.74) is 1.24. The molecule has 2 aromatic rings. The van der Waals surface area contributed by atoms with Gasteiger partial charge in [0.2, 0.25) is 0 Å². The highest BCUT2D eigenvalue weighted by Gasteiger charge is 1.98. The molecular weight excluding hydrogens is 306 g/mol. The van der Waals surface area contributed by atoms with Gasteiger partial charge in [-0.2, -0.15) is 5.26 Å². The van der Waals surface area contributed by atoms with E-state index in [1.807, 2.05) is 18.3 Å². The van der Waals surface area contributed by atoms with E-state index in [4.69, 9.17) is 5.26 Å². The zero-order valence-corrected chi connectivity index (χ0v) is 11.7. The normalized spacial score (nSPS) is 9.68. The second-order valence-corrected chi connectivity index (χ2v) is 4.75. The van der Waals surface area contributed by atoms with Crippen molar-refractivity contribution in [3.63, 3.8) is 0 Å². The van der Waals surface area contributed by atoms with Gasteiger partial charge in [-0.1, -0.05) is 28.1 Å². The highest BCUT2D eigenvalue weighted by atomic mass is 79.9. The SMILES string of the molecule is N#CNc1cc(NCCc2cccc(Br)c2)ncn1. The van der Waals surface area contributed by atoms with Crippen LogP contribution in [0.1, 0.15) is 5.56 Å². The quantitative estimate of drug-likeness (QED) is 0.655. The van der Waals surface area contributed by atoms with Crippen molar-refractivity contribution in [3.8, 4) is 6.19 Å². The molecule has 0 radical (unpaired) electrons. The molecule has 0 atom stereocenters. The average molecular weight is 318 g/mol. The minimum atomic E-state index is 0.488. The van der Waals surface area contributed by atoms with Crippen LogP contribution in [0.2, 0.25) is 0 Å². The number of nitrogens with zero attached hydrogens (tertiary/aromatic N) is 3. The lowest BCUT2D eigenvalue weighted by molar-refractivity contribution is 0.999. The molecule has 5 nitrogen and oxygen atoms in total. The van der Waals surface area contributed by atoms with E-state index in [1.54, 1.807) is 6.07 Å². The van der Waals surface area contributed by atoms with Crippen molar-refractivity contribution in [1.82, 2.24) is 9.97 Å². The van der Waals surface area contributed by atoms with Crippen LogP contribution in [0.3, 0.4) is 0 Å². The zero-order chi connectivity index (χ0) is 13.5. The minimum absolute atomic E-state index is 0.488. The van der Waals surface area contributed by atoms with Gasteiger partial charge in [0.05, 0.1) is 0 Å². The van der Waals surface area contributed by atoms with Crippen LogP contribution in [0.4, 0.5) is 11.6 Å². The molecule has 0 saturated heterocycles. The highest BCUT2D eigenvalue weighted by Crippen LogP contribution is 2.12. The van der Waals surface area contributed by atoms with Crippen molar-refractivity contribution in [3.05, 3.63) is 46.7 Å². The molecular formula is C13H12BrN5. The number of anilines is 2. The standard InChI is InChI=1S/C13H12BrN5/c14-11-3-1-2-10(6-11)4-5-16-12-7-13(17-8-15)19-9-18-12/h1-3,6-7,9H,4-5H2,(H2,16,17,18,19). The monoisotopic (exact) mass is 317 g/mol. The number of nitrogens with one attached hydrogen (secondary N) is 2. The van der Waals surface area contributed by atoms with Crippen molar-refractivity contribution in [2.45, 2.75) is 6.42 Å². The van der Waals surface area contributed by atoms with Crippen LogP contribution in [-0.4, -0.2) is 16.5 Å². The Morgan fingerprint density at radius 3 is 2.84 bits per heavy atom. The number of nitriles is 1. The molecule has 6 heteroatoms. The van der Waals surface area contributed by atoms with Crippen molar-refractivity contribution < 1.29 is 0 Å². The summed E-state index contributed by atoms with van der Waals surface area (Å²) >= 11 is 3.45. The molecule has 0 saturated carbocycles. The summed E-state index contributed by atoms with van der Waals surface area (Å²) in [6.45, 7) is 0.763. The van der Waals surface area contributed by atoms with Crippen molar-refractivity contribution in [1.29, 1.82) is 5.26 Å². The molecule has 0 bridgehead atoms. The maximum Gasteiger partial charge on any atom is 0.182 e. The van der Waals surface area contributed by atoms with Crippen LogP contribution in [0, 0.1) is 11.5 Å². The van der Waals surface area contributed by atoms with Gasteiger partial charge in [-0.3, -0.25) is 5.32 Å². The lowest BCUT2D eigenvalue weighted by atomic mass is 10.1. The molecule has 0 amide bonds. The largest absolute Gasteiger partial charge is 0.370 e. The first-order chi connectivity index (χ1) is 9.28. The average Bonchev–Trinajstić information content (AvgIpc) is 2.40. The number of aromatic nitrogens is 2. The number of benzene rings is 1. The topological polar surface area (TPSA) is 73.6 Å². The van der Waals surface area contributed by atoms with Gasteiger partial charge in [0.15, 0.2) is 6.19 Å². The van der Waals surface area contributed by atoms with Gasteiger partial charge in [0.1, 0.15) is 18.0 Å². The van der Waals surface area contributed by atoms with E-state index in [0.29, 0.717) is 11.6 Å². The van der Waals surface area contributed by atoms with E-state index in [1.165, 1.54) is 11.9 Å². The van der Waals surface area contributed by atoms with Crippen molar-refractivity contribution in [2.24, 2.45) is 0 Å². The molecule has 2 N–H and O–H groups in total. The van der Waals surface area contributed by atoms with E-state index in [-0.39, 0.29) is 0 Å². The minimum Gasteiger partial charge on any atom is -0.370 e. The van der Waals surface area contributed by atoms with Crippen LogP contribution in [0.15, 0.2) is 41.1 Å². The smallest absolute Gasteiger partial charge is 0.182 e. The van der Waals surface area contributed by atoms with Crippen molar-refractivity contribution in [2.75, 3.05) is 17.2 Å². The van der Waals surface area contributed by atoms with Gasteiger partial charge in [-0.15, -0.1) is 0 Å². The van der Waals surface area contributed by atoms with Crippen LogP contribution >= 0.6 is 15.9 Å². The Morgan fingerprint density at radius 2 is 2.05 bits per heavy atom. The molecule has 1 aromatic carbocycles. The van der Waals surface area contributed by atoms with Gasteiger partial charge >= 0.3 is 0 Å². The van der Waals surface area contributed by atoms with Crippen molar-refractivity contribution >= 4 is 27.6 Å². The summed E-state index contributed by atoms with van der Waals surface area (Å²) in [6, 6.07) is 9.88. The third-order valence-electron chi connectivity index (χ3n) is 2.46. The summed E-state index contributed by atoms with van der Waals surface area (Å²) in [5, 5.41) is 14.2. The first-order valence-corrected chi connectivity index (χ1v) is 6.53. The molecule has 19 heavy (non-hydrogen) atoms. The Morgan fingerprint density at radius 1 is 1.21 bits per heavy atom. The number of rotatable bonds is 5. The van der Waals surface area contributed by atoms with E-state index < -0.39 is 0 Å². The predicted molar refractivity (Wildman–Crippen MR) is 77.6 cm³/mol. The second-order valence-electron chi connectivity index (χ2n) is 3.83. The van der Waals surface area contributed by atoms with E-state index >= 15 is 0 Å². The highest BCUT2D eigenvalue weighted by molar-refractivity contribution is 9.10. The Balaban J connectivity index is 1.89. The Bertz CT molecular complexity index is 594. The fourth-order valence-corrected chi connectivity index (χ4v) is 2.05. The summed E-state index contributed by atoms with van der Waals surface area (Å²) in [6.07, 6.45) is 4.14. The molecule has 96 valence electrons. The van der Waals surface area contributed by atoms with E-state index in [0.717, 1.165) is 17.4 Å². The fourth-order valence-electron chi connectivity index (χ4n) is 1.61. The van der Waals surface area contributed by atoms with Gasteiger partial charge in [-0.05, 0) is 24.1 Å². The van der Waals surface area contributed by atoms with Crippen LogP contribution < -0.4 is 10.6 Å². The first-order valence-electron chi connectivity index (χ1n) is 5.73. The molecule has 0 aliphatic heterocycles. The summed E-state index contributed by atoms with van der Waals surface area (Å²) < 4.78 is 1.08. The van der Waals surface area contributed by atoms with Gasteiger partial charge in [-0.25, -0.2) is 9.97 Å². The first kappa shape index (κ1) is 13.3. The Hall–Kier alpha value is -2.13. The Labute approximate surface area is 119 Å². The number of hydrogen-bond acceptors (Lipinski definition) is 5. The molecule has 0 unspecified atom stereocenters. The lowest BCUT2D eigenvalue weighted by Crippen LogP contribution is -2.07. The molecule has 1 aromatic heterocycles. The maximum absolute atomic E-state index is 8.51. The molecule has 0 aliphatic carbocycles. The third kappa shape index (κ3) is 4.23. The van der Waals surface area contributed by atoms with E-state index in [2.05, 4.69) is 48.7 Å². The number of halogens is 1. The van der Waals surface area contributed by atoms with Crippen LogP contribution in [-0.2, 0) is 6.42 Å². The molecule has 1 heterocycles. The molecule has 0 aliphatic rings. The zero-order valence-electron chi connectivity index (χ0n) is 10.1. The molecule has 0 spiro atoms. The van der Waals surface area contributed by atoms with Crippen LogP contribution in [0.5, 0.6) is 0 Å². The lowest BCUT2D eigenvalue weighted by Gasteiger charge is -2.06. The third-order valence-corrected chi connectivity index (χ3v) is 2.95. The predicted octanol–water partition coefficient (Wildman–Crippen LogP) is 2.79. The molecule has 2 rings (SSSR count). The second kappa shape index (κ2) is 6.71. The molecule has 0 fully saturated rings. The van der Waals surface area contributed by atoms with Gasteiger partial charge < -0.3 is 5.32 Å². The summed E-state index contributed by atoms with van der Waals surface area (Å²) in [7, 11) is 0.